The number of hydrogen-bond acceptors (Lipinski definition) is 3. The molecule has 1 aromatic heterocycles. The lowest BCUT2D eigenvalue weighted by Crippen LogP contribution is -2.40. The summed E-state index contributed by atoms with van der Waals surface area (Å²) < 4.78 is 0. The van der Waals surface area contributed by atoms with E-state index in [0.717, 1.165) is 29.7 Å². The van der Waals surface area contributed by atoms with Crippen LogP contribution in [0.2, 0.25) is 0 Å². The highest BCUT2D eigenvalue weighted by Gasteiger charge is 2.46. The van der Waals surface area contributed by atoms with Gasteiger partial charge in [-0.1, -0.05) is 42.0 Å². The van der Waals surface area contributed by atoms with Gasteiger partial charge in [-0.2, -0.15) is 0 Å². The second-order valence-corrected chi connectivity index (χ2v) is 8.40. The molecule has 0 spiro atoms. The Morgan fingerprint density at radius 2 is 2.09 bits per heavy atom. The van der Waals surface area contributed by atoms with Gasteiger partial charge >= 0.3 is 0 Å². The van der Waals surface area contributed by atoms with Crippen LogP contribution in [0.25, 0.3) is 6.08 Å². The Bertz CT molecular complexity index is 1220. The lowest BCUT2D eigenvalue weighted by Gasteiger charge is -2.45. The number of fused-ring (bicyclic) bond motifs is 4. The monoisotopic (exact) mass is 427 g/mol. The summed E-state index contributed by atoms with van der Waals surface area (Å²) in [6.07, 6.45) is 11.7. The Morgan fingerprint density at radius 1 is 1.28 bits per heavy atom. The fraction of sp³-hybridized carbons (Fsp3) is 0.296. The molecular weight excluding hydrogens is 398 g/mol. The van der Waals surface area contributed by atoms with Gasteiger partial charge < -0.3 is 10.3 Å². The Balaban J connectivity index is 1.72. The zero-order valence-electron chi connectivity index (χ0n) is 18.8. The van der Waals surface area contributed by atoms with E-state index in [1.807, 2.05) is 55.6 Å². The van der Waals surface area contributed by atoms with Crippen LogP contribution in [0, 0.1) is 5.92 Å². The number of carbonyl (C=O) groups excluding carboxylic acids is 1. The molecule has 0 fully saturated rings. The number of allylic oxidation sites excluding steroid dienone is 3. The first-order chi connectivity index (χ1) is 15.5. The van der Waals surface area contributed by atoms with Crippen molar-refractivity contribution in [2.75, 3.05) is 6.54 Å². The lowest BCUT2D eigenvalue weighted by molar-refractivity contribution is 0.0955. The molecule has 0 saturated carbocycles. The maximum Gasteiger partial charge on any atom is 0.251 e. The molecule has 4 rings (SSSR count). The highest BCUT2D eigenvalue weighted by atomic mass is 16.1. The van der Waals surface area contributed by atoms with Crippen molar-refractivity contribution in [3.63, 3.8) is 0 Å². The van der Waals surface area contributed by atoms with Crippen LogP contribution in [0.15, 0.2) is 75.6 Å². The molecule has 2 N–H and O–H groups in total. The van der Waals surface area contributed by atoms with Crippen LogP contribution in [-0.2, 0) is 12.0 Å². The van der Waals surface area contributed by atoms with Crippen LogP contribution in [0.1, 0.15) is 54.4 Å². The van der Waals surface area contributed by atoms with E-state index in [4.69, 9.17) is 4.99 Å². The molecule has 32 heavy (non-hydrogen) atoms. The molecular formula is C27H29N3O2. The molecule has 2 atom stereocenters. The van der Waals surface area contributed by atoms with E-state index in [0.29, 0.717) is 12.1 Å². The summed E-state index contributed by atoms with van der Waals surface area (Å²) in [4.78, 5) is 32.4. The molecule has 5 nitrogen and oxygen atoms in total. The van der Waals surface area contributed by atoms with Crippen molar-refractivity contribution in [1.82, 2.24) is 10.3 Å². The summed E-state index contributed by atoms with van der Waals surface area (Å²) in [6.45, 7) is 6.71. The van der Waals surface area contributed by atoms with Crippen molar-refractivity contribution in [3.05, 3.63) is 98.5 Å². The van der Waals surface area contributed by atoms with Gasteiger partial charge in [-0.25, -0.2) is 0 Å². The van der Waals surface area contributed by atoms with E-state index in [1.54, 1.807) is 6.07 Å². The summed E-state index contributed by atoms with van der Waals surface area (Å²) in [6, 6.07) is 11.1. The standard InChI is InChI=1S/C27H29N3O2/c1-4-22-20-15-18(3)17-27(22,23-12-13-25(31)30-24(23)16-20)29-14-8-10-19-9-6-7-11-21(19)26(32)28-5-2/h4,6-15,20H,5,16-17H2,1-3H3,(H,28,32)(H,30,31)/b10-8+,22-4+,29-14+/t20-,27+/m0/s1. The number of hydrogen-bond donors (Lipinski definition) is 2. The largest absolute Gasteiger partial charge is 0.352 e. The Morgan fingerprint density at radius 3 is 2.88 bits per heavy atom. The smallest absolute Gasteiger partial charge is 0.251 e. The first-order valence-corrected chi connectivity index (χ1v) is 11.1. The molecule has 164 valence electrons. The fourth-order valence-corrected chi connectivity index (χ4v) is 5.07. The highest BCUT2D eigenvalue weighted by molar-refractivity contribution is 5.98. The van der Waals surface area contributed by atoms with Gasteiger partial charge in [0.15, 0.2) is 0 Å². The van der Waals surface area contributed by atoms with Crippen LogP contribution in [0.5, 0.6) is 0 Å². The number of rotatable bonds is 5. The molecule has 2 bridgehead atoms. The number of nitrogens with one attached hydrogen (secondary N) is 2. The first kappa shape index (κ1) is 21.8. The van der Waals surface area contributed by atoms with Gasteiger partial charge in [0.05, 0.1) is 0 Å². The summed E-state index contributed by atoms with van der Waals surface area (Å²) in [5, 5.41) is 2.86. The molecule has 5 heteroatoms. The Kier molecular flexibility index (Phi) is 6.08. The third kappa shape index (κ3) is 3.91. The lowest BCUT2D eigenvalue weighted by atomic mass is 9.63. The maximum atomic E-state index is 12.3. The number of H-pyrrole nitrogens is 1. The summed E-state index contributed by atoms with van der Waals surface area (Å²) >= 11 is 0. The summed E-state index contributed by atoms with van der Waals surface area (Å²) in [5.41, 5.74) is 5.52. The van der Waals surface area contributed by atoms with Gasteiger partial charge in [0.1, 0.15) is 5.54 Å². The van der Waals surface area contributed by atoms with Crippen LogP contribution in [0.4, 0.5) is 0 Å². The predicted molar refractivity (Wildman–Crippen MR) is 130 cm³/mol. The topological polar surface area (TPSA) is 74.3 Å². The van der Waals surface area contributed by atoms with Gasteiger partial charge in [-0.05, 0) is 56.5 Å². The average Bonchev–Trinajstić information content (AvgIpc) is 2.76. The van der Waals surface area contributed by atoms with E-state index in [9.17, 15) is 9.59 Å². The minimum Gasteiger partial charge on any atom is -0.352 e. The minimum atomic E-state index is -0.514. The quantitative estimate of drug-likeness (QED) is 0.542. The Labute approximate surface area is 188 Å². The molecule has 1 heterocycles. The van der Waals surface area contributed by atoms with E-state index in [2.05, 4.69) is 36.3 Å². The fourth-order valence-electron chi connectivity index (χ4n) is 5.07. The van der Waals surface area contributed by atoms with Crippen molar-refractivity contribution in [3.8, 4) is 0 Å². The third-order valence-electron chi connectivity index (χ3n) is 6.28. The van der Waals surface area contributed by atoms with Crippen molar-refractivity contribution >= 4 is 18.2 Å². The second kappa shape index (κ2) is 8.95. The zero-order valence-corrected chi connectivity index (χ0v) is 18.8. The number of amides is 1. The summed E-state index contributed by atoms with van der Waals surface area (Å²) in [5.74, 6) is 0.152. The number of aromatic nitrogens is 1. The van der Waals surface area contributed by atoms with Crippen LogP contribution in [-0.4, -0.2) is 23.7 Å². The number of aromatic amines is 1. The van der Waals surface area contributed by atoms with Crippen molar-refractivity contribution < 1.29 is 4.79 Å². The van der Waals surface area contributed by atoms with Crippen molar-refractivity contribution in [2.24, 2.45) is 10.9 Å². The minimum absolute atomic E-state index is 0.0764. The van der Waals surface area contributed by atoms with E-state index in [1.165, 1.54) is 11.1 Å². The summed E-state index contributed by atoms with van der Waals surface area (Å²) in [7, 11) is 0. The SMILES string of the molecule is C/C=C1\[C@H]2C=C(C)C[C@]1(/N=C/C=C/c1ccccc1C(=O)NCC)c1ccc(=O)[nH]c1C2. The second-order valence-electron chi connectivity index (χ2n) is 8.40. The molecule has 0 saturated heterocycles. The van der Waals surface area contributed by atoms with Gasteiger partial charge in [-0.15, -0.1) is 0 Å². The van der Waals surface area contributed by atoms with E-state index in [-0.39, 0.29) is 17.4 Å². The number of pyridine rings is 1. The van der Waals surface area contributed by atoms with E-state index >= 15 is 0 Å². The normalized spacial score (nSPS) is 23.4. The molecule has 0 aliphatic heterocycles. The molecule has 2 aliphatic rings. The Hall–Kier alpha value is -3.47. The molecule has 0 unspecified atom stereocenters. The number of benzene rings is 1. The third-order valence-corrected chi connectivity index (χ3v) is 6.28. The molecule has 0 radical (unpaired) electrons. The predicted octanol–water partition coefficient (Wildman–Crippen LogP) is 4.57. The van der Waals surface area contributed by atoms with Gasteiger partial charge in [0.25, 0.3) is 5.91 Å². The van der Waals surface area contributed by atoms with Crippen molar-refractivity contribution in [1.29, 1.82) is 0 Å². The molecule has 1 amide bonds. The number of aliphatic imine (C=N–C) groups is 1. The van der Waals surface area contributed by atoms with Crippen LogP contribution >= 0.6 is 0 Å². The van der Waals surface area contributed by atoms with Crippen molar-refractivity contribution in [2.45, 2.75) is 39.2 Å². The molecule has 2 aliphatic carbocycles. The maximum absolute atomic E-state index is 12.3. The van der Waals surface area contributed by atoms with Gasteiger partial charge in [0, 0.05) is 48.0 Å². The van der Waals surface area contributed by atoms with Gasteiger partial charge in [0.2, 0.25) is 5.56 Å². The van der Waals surface area contributed by atoms with Gasteiger partial charge in [-0.3, -0.25) is 14.6 Å². The molecule has 2 aromatic rings. The van der Waals surface area contributed by atoms with Crippen LogP contribution < -0.4 is 10.9 Å². The molecule has 1 aromatic carbocycles. The van der Waals surface area contributed by atoms with E-state index < -0.39 is 5.54 Å². The average molecular weight is 428 g/mol. The zero-order chi connectivity index (χ0) is 22.7. The number of nitrogens with zero attached hydrogens (tertiary/aromatic N) is 1. The first-order valence-electron chi connectivity index (χ1n) is 11.1. The highest BCUT2D eigenvalue weighted by Crippen LogP contribution is 2.51. The number of carbonyl (C=O) groups is 1. The van der Waals surface area contributed by atoms with Crippen LogP contribution in [0.3, 0.4) is 0 Å².